The fourth-order valence-electron chi connectivity index (χ4n) is 1.44. The van der Waals surface area contributed by atoms with Gasteiger partial charge in [0, 0.05) is 18.2 Å². The maximum absolute atomic E-state index is 5.71. The molecule has 1 rings (SSSR count). The van der Waals surface area contributed by atoms with E-state index in [0.29, 0.717) is 6.61 Å². The predicted molar refractivity (Wildman–Crippen MR) is 70.7 cm³/mol. The third-order valence-corrected chi connectivity index (χ3v) is 2.41. The molecule has 0 saturated carbocycles. The van der Waals surface area contributed by atoms with Crippen LogP contribution < -0.4 is 14.8 Å². The van der Waals surface area contributed by atoms with Gasteiger partial charge in [-0.3, -0.25) is 0 Å². The van der Waals surface area contributed by atoms with E-state index in [1.54, 1.807) is 7.11 Å². The number of ether oxygens (including phenoxy) is 2. The Morgan fingerprint density at radius 3 is 2.82 bits per heavy atom. The van der Waals surface area contributed by atoms with Gasteiger partial charge in [0.25, 0.3) is 0 Å². The minimum atomic E-state index is 0.586. The van der Waals surface area contributed by atoms with Crippen LogP contribution in [0, 0.1) is 0 Å². The molecule has 1 N–H and O–H groups in total. The van der Waals surface area contributed by atoms with Crippen LogP contribution in [-0.2, 0) is 6.54 Å². The SMILES string of the molecule is CC=CCOc1cc(OC)ccc1CNCC. The molecule has 0 amide bonds. The molecular formula is C14H21NO2. The molecule has 0 aliphatic rings. The summed E-state index contributed by atoms with van der Waals surface area (Å²) in [4.78, 5) is 0. The minimum Gasteiger partial charge on any atom is -0.497 e. The van der Waals surface area contributed by atoms with Crippen molar-refractivity contribution < 1.29 is 9.47 Å². The summed E-state index contributed by atoms with van der Waals surface area (Å²) in [5.74, 6) is 1.70. The molecule has 0 heterocycles. The third-order valence-electron chi connectivity index (χ3n) is 2.41. The fourth-order valence-corrected chi connectivity index (χ4v) is 1.44. The molecule has 3 nitrogen and oxygen atoms in total. The summed E-state index contributed by atoms with van der Waals surface area (Å²) >= 11 is 0. The van der Waals surface area contributed by atoms with Crippen molar-refractivity contribution in [2.24, 2.45) is 0 Å². The van der Waals surface area contributed by atoms with Crippen molar-refractivity contribution in [1.82, 2.24) is 5.32 Å². The Morgan fingerprint density at radius 2 is 2.18 bits per heavy atom. The first-order chi connectivity index (χ1) is 8.31. The van der Waals surface area contributed by atoms with E-state index in [4.69, 9.17) is 9.47 Å². The van der Waals surface area contributed by atoms with Gasteiger partial charge in [0.1, 0.15) is 18.1 Å². The standard InChI is InChI=1S/C14H21NO2/c1-4-6-9-17-14-10-13(16-3)8-7-12(14)11-15-5-2/h4,6-8,10,15H,5,9,11H2,1-3H3. The third kappa shape index (κ3) is 4.49. The van der Waals surface area contributed by atoms with Crippen molar-refractivity contribution in [3.63, 3.8) is 0 Å². The summed E-state index contributed by atoms with van der Waals surface area (Å²) in [6, 6.07) is 5.91. The summed E-state index contributed by atoms with van der Waals surface area (Å²) < 4.78 is 10.9. The zero-order valence-corrected chi connectivity index (χ0v) is 10.8. The smallest absolute Gasteiger partial charge is 0.127 e. The molecule has 0 spiro atoms. The van der Waals surface area contributed by atoms with E-state index in [2.05, 4.69) is 12.2 Å². The summed E-state index contributed by atoms with van der Waals surface area (Å²) in [5, 5.41) is 3.29. The molecule has 0 unspecified atom stereocenters. The van der Waals surface area contributed by atoms with E-state index >= 15 is 0 Å². The molecule has 17 heavy (non-hydrogen) atoms. The second-order valence-corrected chi connectivity index (χ2v) is 3.63. The topological polar surface area (TPSA) is 30.5 Å². The van der Waals surface area contributed by atoms with Crippen LogP contribution in [0.2, 0.25) is 0 Å². The van der Waals surface area contributed by atoms with Crippen LogP contribution in [0.3, 0.4) is 0 Å². The van der Waals surface area contributed by atoms with Gasteiger partial charge in [0.05, 0.1) is 7.11 Å². The Hall–Kier alpha value is -1.48. The number of hydrogen-bond donors (Lipinski definition) is 1. The highest BCUT2D eigenvalue weighted by atomic mass is 16.5. The normalized spacial score (nSPS) is 10.8. The number of methoxy groups -OCH3 is 1. The molecule has 94 valence electrons. The molecule has 0 atom stereocenters. The lowest BCUT2D eigenvalue weighted by molar-refractivity contribution is 0.351. The molecule has 1 aromatic rings. The van der Waals surface area contributed by atoms with E-state index < -0.39 is 0 Å². The number of allylic oxidation sites excluding steroid dienone is 1. The lowest BCUT2D eigenvalue weighted by Crippen LogP contribution is -2.13. The summed E-state index contributed by atoms with van der Waals surface area (Å²) in [7, 11) is 1.66. The van der Waals surface area contributed by atoms with Crippen molar-refractivity contribution in [1.29, 1.82) is 0 Å². The van der Waals surface area contributed by atoms with Gasteiger partial charge in [-0.1, -0.05) is 25.1 Å². The molecule has 0 radical (unpaired) electrons. The Kier molecular flexibility index (Phi) is 6.18. The van der Waals surface area contributed by atoms with E-state index in [9.17, 15) is 0 Å². The number of benzene rings is 1. The zero-order chi connectivity index (χ0) is 12.5. The largest absolute Gasteiger partial charge is 0.497 e. The monoisotopic (exact) mass is 235 g/mol. The van der Waals surface area contributed by atoms with Crippen molar-refractivity contribution in [2.45, 2.75) is 20.4 Å². The molecule has 0 aliphatic carbocycles. The van der Waals surface area contributed by atoms with Crippen molar-refractivity contribution in [3.8, 4) is 11.5 Å². The fraction of sp³-hybridized carbons (Fsp3) is 0.429. The van der Waals surface area contributed by atoms with Crippen LogP contribution in [-0.4, -0.2) is 20.3 Å². The van der Waals surface area contributed by atoms with Crippen LogP contribution in [0.15, 0.2) is 30.4 Å². The first kappa shape index (κ1) is 13.6. The van der Waals surface area contributed by atoms with Crippen LogP contribution >= 0.6 is 0 Å². The van der Waals surface area contributed by atoms with E-state index in [-0.39, 0.29) is 0 Å². The molecule has 0 aromatic heterocycles. The van der Waals surface area contributed by atoms with Crippen LogP contribution in [0.5, 0.6) is 11.5 Å². The molecular weight excluding hydrogens is 214 g/mol. The summed E-state index contributed by atoms with van der Waals surface area (Å²) in [6.45, 7) is 6.41. The van der Waals surface area contributed by atoms with Crippen LogP contribution in [0.4, 0.5) is 0 Å². The van der Waals surface area contributed by atoms with Gasteiger partial charge in [0.2, 0.25) is 0 Å². The molecule has 1 aromatic carbocycles. The van der Waals surface area contributed by atoms with E-state index in [1.165, 1.54) is 0 Å². The Labute approximate surface area is 103 Å². The Bertz CT molecular complexity index is 361. The highest BCUT2D eigenvalue weighted by Gasteiger charge is 2.04. The Morgan fingerprint density at radius 1 is 1.35 bits per heavy atom. The molecule has 3 heteroatoms. The quantitative estimate of drug-likeness (QED) is 0.737. The minimum absolute atomic E-state index is 0.586. The van der Waals surface area contributed by atoms with Gasteiger partial charge < -0.3 is 14.8 Å². The lowest BCUT2D eigenvalue weighted by Gasteiger charge is -2.12. The average Bonchev–Trinajstić information content (AvgIpc) is 2.37. The van der Waals surface area contributed by atoms with Crippen molar-refractivity contribution in [3.05, 3.63) is 35.9 Å². The highest BCUT2D eigenvalue weighted by molar-refractivity contribution is 5.40. The van der Waals surface area contributed by atoms with Gasteiger partial charge in [-0.05, 0) is 19.5 Å². The van der Waals surface area contributed by atoms with Crippen LogP contribution in [0.25, 0.3) is 0 Å². The maximum Gasteiger partial charge on any atom is 0.127 e. The van der Waals surface area contributed by atoms with E-state index in [1.807, 2.05) is 37.3 Å². The Balaban J connectivity index is 2.78. The summed E-state index contributed by atoms with van der Waals surface area (Å²) in [5.41, 5.74) is 1.15. The van der Waals surface area contributed by atoms with Crippen molar-refractivity contribution in [2.75, 3.05) is 20.3 Å². The first-order valence-corrected chi connectivity index (χ1v) is 5.93. The van der Waals surface area contributed by atoms with E-state index in [0.717, 1.165) is 30.2 Å². The summed E-state index contributed by atoms with van der Waals surface area (Å²) in [6.07, 6.45) is 3.96. The van der Waals surface area contributed by atoms with Gasteiger partial charge in [-0.15, -0.1) is 0 Å². The second-order valence-electron chi connectivity index (χ2n) is 3.63. The predicted octanol–water partition coefficient (Wildman–Crippen LogP) is 2.76. The van der Waals surface area contributed by atoms with Crippen LogP contribution in [0.1, 0.15) is 19.4 Å². The highest BCUT2D eigenvalue weighted by Crippen LogP contribution is 2.24. The van der Waals surface area contributed by atoms with Gasteiger partial charge in [-0.25, -0.2) is 0 Å². The number of rotatable bonds is 7. The van der Waals surface area contributed by atoms with Gasteiger partial charge in [0.15, 0.2) is 0 Å². The molecule has 0 bridgehead atoms. The van der Waals surface area contributed by atoms with Gasteiger partial charge >= 0.3 is 0 Å². The molecule has 0 aliphatic heterocycles. The van der Waals surface area contributed by atoms with Gasteiger partial charge in [-0.2, -0.15) is 0 Å². The molecule has 0 saturated heterocycles. The van der Waals surface area contributed by atoms with Crippen molar-refractivity contribution >= 4 is 0 Å². The average molecular weight is 235 g/mol. The number of hydrogen-bond acceptors (Lipinski definition) is 3. The lowest BCUT2D eigenvalue weighted by atomic mass is 10.2. The molecule has 0 fully saturated rings. The zero-order valence-electron chi connectivity index (χ0n) is 10.8. The number of nitrogens with one attached hydrogen (secondary N) is 1. The maximum atomic E-state index is 5.71. The second kappa shape index (κ2) is 7.74. The first-order valence-electron chi connectivity index (χ1n) is 5.93.